The van der Waals surface area contributed by atoms with Crippen molar-refractivity contribution in [2.75, 3.05) is 20.2 Å². The number of hydrogen-bond donors (Lipinski definition) is 1. The van der Waals surface area contributed by atoms with Crippen LogP contribution in [-0.4, -0.2) is 36.1 Å². The molecule has 104 valence electrons. The summed E-state index contributed by atoms with van der Waals surface area (Å²) in [4.78, 5) is 14.3. The summed E-state index contributed by atoms with van der Waals surface area (Å²) in [5, 5.41) is 9.85. The van der Waals surface area contributed by atoms with Crippen LogP contribution in [0.15, 0.2) is 18.2 Å². The molecule has 19 heavy (non-hydrogen) atoms. The Morgan fingerprint density at radius 1 is 1.37 bits per heavy atom. The number of carbonyl (C=O) groups excluding carboxylic acids is 1. The summed E-state index contributed by atoms with van der Waals surface area (Å²) in [6, 6.07) is 4.76. The number of aromatic hydroxyl groups is 1. The highest BCUT2D eigenvalue weighted by Gasteiger charge is 2.22. The molecule has 1 aromatic carbocycles. The molecule has 0 aliphatic carbocycles. The molecule has 0 aromatic heterocycles. The van der Waals surface area contributed by atoms with E-state index < -0.39 is 0 Å². The first-order chi connectivity index (χ1) is 9.11. The molecule has 0 bridgehead atoms. The van der Waals surface area contributed by atoms with Gasteiger partial charge in [0.15, 0.2) is 0 Å². The van der Waals surface area contributed by atoms with Gasteiger partial charge in [0.1, 0.15) is 11.5 Å². The predicted octanol–water partition coefficient (Wildman–Crippen LogP) is 2.66. The zero-order valence-corrected chi connectivity index (χ0v) is 11.6. The van der Waals surface area contributed by atoms with Gasteiger partial charge in [0.25, 0.3) is 5.91 Å². The number of amides is 1. The van der Waals surface area contributed by atoms with Crippen molar-refractivity contribution in [3.63, 3.8) is 0 Å². The SMILES string of the molecule is COc1ccc(O)c(C(=O)N2CCCC(C)CC2)c1. The first-order valence-corrected chi connectivity index (χ1v) is 6.78. The topological polar surface area (TPSA) is 49.8 Å². The molecule has 0 saturated carbocycles. The van der Waals surface area contributed by atoms with Crippen molar-refractivity contribution in [1.29, 1.82) is 0 Å². The number of hydrogen-bond acceptors (Lipinski definition) is 3. The van der Waals surface area contributed by atoms with E-state index in [1.54, 1.807) is 19.2 Å². The predicted molar refractivity (Wildman–Crippen MR) is 73.6 cm³/mol. The van der Waals surface area contributed by atoms with Crippen LogP contribution in [0.2, 0.25) is 0 Å². The van der Waals surface area contributed by atoms with Crippen LogP contribution in [0.4, 0.5) is 0 Å². The molecule has 1 aromatic rings. The summed E-state index contributed by atoms with van der Waals surface area (Å²) in [7, 11) is 1.55. The second kappa shape index (κ2) is 5.95. The average Bonchev–Trinajstić information content (AvgIpc) is 2.63. The Balaban J connectivity index is 2.18. The molecule has 1 saturated heterocycles. The van der Waals surface area contributed by atoms with E-state index in [-0.39, 0.29) is 11.7 Å². The molecule has 4 heteroatoms. The van der Waals surface area contributed by atoms with E-state index in [0.29, 0.717) is 17.2 Å². The van der Waals surface area contributed by atoms with Crippen molar-refractivity contribution >= 4 is 5.91 Å². The molecule has 1 amide bonds. The van der Waals surface area contributed by atoms with Crippen LogP contribution in [0.3, 0.4) is 0 Å². The van der Waals surface area contributed by atoms with Gasteiger partial charge in [-0.1, -0.05) is 6.92 Å². The van der Waals surface area contributed by atoms with Gasteiger partial charge in [0.05, 0.1) is 12.7 Å². The maximum absolute atomic E-state index is 12.5. The zero-order chi connectivity index (χ0) is 13.8. The first-order valence-electron chi connectivity index (χ1n) is 6.78. The smallest absolute Gasteiger partial charge is 0.257 e. The molecule has 1 aliphatic heterocycles. The maximum Gasteiger partial charge on any atom is 0.257 e. The van der Waals surface area contributed by atoms with Crippen molar-refractivity contribution in [2.45, 2.75) is 26.2 Å². The van der Waals surface area contributed by atoms with E-state index in [1.807, 2.05) is 4.90 Å². The van der Waals surface area contributed by atoms with Crippen LogP contribution in [0.25, 0.3) is 0 Å². The molecular formula is C15H21NO3. The molecule has 0 radical (unpaired) electrons. The second-order valence-corrected chi connectivity index (χ2v) is 5.21. The van der Waals surface area contributed by atoms with Crippen LogP contribution in [-0.2, 0) is 0 Å². The molecule has 1 N–H and O–H groups in total. The summed E-state index contributed by atoms with van der Waals surface area (Å²) in [5.41, 5.74) is 0.328. The Bertz CT molecular complexity index is 459. The van der Waals surface area contributed by atoms with Crippen molar-refractivity contribution in [3.8, 4) is 11.5 Å². The van der Waals surface area contributed by atoms with Gasteiger partial charge in [0, 0.05) is 13.1 Å². The van der Waals surface area contributed by atoms with Crippen LogP contribution in [0, 0.1) is 5.92 Å². The minimum absolute atomic E-state index is 0.0168. The lowest BCUT2D eigenvalue weighted by atomic mass is 10.0. The van der Waals surface area contributed by atoms with Gasteiger partial charge in [-0.2, -0.15) is 0 Å². The monoisotopic (exact) mass is 263 g/mol. The third-order valence-corrected chi connectivity index (χ3v) is 3.74. The third-order valence-electron chi connectivity index (χ3n) is 3.74. The number of nitrogens with zero attached hydrogens (tertiary/aromatic N) is 1. The van der Waals surface area contributed by atoms with Crippen LogP contribution < -0.4 is 4.74 Å². The number of rotatable bonds is 2. The Morgan fingerprint density at radius 3 is 2.89 bits per heavy atom. The highest BCUT2D eigenvalue weighted by Crippen LogP contribution is 2.26. The van der Waals surface area contributed by atoms with E-state index >= 15 is 0 Å². The van der Waals surface area contributed by atoms with E-state index in [1.165, 1.54) is 6.07 Å². The summed E-state index contributed by atoms with van der Waals surface area (Å²) in [6.45, 7) is 3.74. The van der Waals surface area contributed by atoms with Crippen LogP contribution >= 0.6 is 0 Å². The lowest BCUT2D eigenvalue weighted by Crippen LogP contribution is -2.32. The number of phenols is 1. The van der Waals surface area contributed by atoms with Gasteiger partial charge in [-0.15, -0.1) is 0 Å². The van der Waals surface area contributed by atoms with Crippen molar-refractivity contribution in [2.24, 2.45) is 5.92 Å². The lowest BCUT2D eigenvalue weighted by molar-refractivity contribution is 0.0757. The van der Waals surface area contributed by atoms with Gasteiger partial charge in [-0.3, -0.25) is 4.79 Å². The highest BCUT2D eigenvalue weighted by atomic mass is 16.5. The number of carbonyl (C=O) groups is 1. The summed E-state index contributed by atoms with van der Waals surface area (Å²) in [5.74, 6) is 1.16. The van der Waals surface area contributed by atoms with E-state index in [4.69, 9.17) is 4.74 Å². The van der Waals surface area contributed by atoms with Crippen LogP contribution in [0.1, 0.15) is 36.5 Å². The van der Waals surface area contributed by atoms with E-state index in [9.17, 15) is 9.90 Å². The minimum Gasteiger partial charge on any atom is -0.507 e. The van der Waals surface area contributed by atoms with Crippen molar-refractivity contribution in [3.05, 3.63) is 23.8 Å². The average molecular weight is 263 g/mol. The first kappa shape index (κ1) is 13.7. The van der Waals surface area contributed by atoms with E-state index in [0.717, 1.165) is 32.4 Å². The van der Waals surface area contributed by atoms with Crippen molar-refractivity contribution in [1.82, 2.24) is 4.90 Å². The summed E-state index contributed by atoms with van der Waals surface area (Å²) < 4.78 is 5.11. The molecule has 1 unspecified atom stereocenters. The molecule has 4 nitrogen and oxygen atoms in total. The van der Waals surface area contributed by atoms with E-state index in [2.05, 4.69) is 6.92 Å². The fourth-order valence-electron chi connectivity index (χ4n) is 2.45. The Kier molecular flexibility index (Phi) is 4.30. The van der Waals surface area contributed by atoms with Crippen LogP contribution in [0.5, 0.6) is 11.5 Å². The number of phenolic OH excluding ortho intramolecular Hbond substituents is 1. The Hall–Kier alpha value is -1.71. The fraction of sp³-hybridized carbons (Fsp3) is 0.533. The van der Waals surface area contributed by atoms with Gasteiger partial charge >= 0.3 is 0 Å². The number of ether oxygens (including phenoxy) is 1. The quantitative estimate of drug-likeness (QED) is 0.892. The number of methoxy groups -OCH3 is 1. The lowest BCUT2D eigenvalue weighted by Gasteiger charge is -2.21. The maximum atomic E-state index is 12.5. The molecule has 1 fully saturated rings. The molecular weight excluding hydrogens is 242 g/mol. The summed E-state index contributed by atoms with van der Waals surface area (Å²) in [6.07, 6.45) is 3.21. The molecule has 1 aliphatic rings. The fourth-order valence-corrected chi connectivity index (χ4v) is 2.45. The van der Waals surface area contributed by atoms with Gasteiger partial charge in [-0.05, 0) is 43.4 Å². The largest absolute Gasteiger partial charge is 0.507 e. The Morgan fingerprint density at radius 2 is 2.16 bits per heavy atom. The minimum atomic E-state index is -0.106. The molecule has 0 spiro atoms. The zero-order valence-electron chi connectivity index (χ0n) is 11.6. The van der Waals surface area contributed by atoms with Gasteiger partial charge in [0.2, 0.25) is 0 Å². The third kappa shape index (κ3) is 3.19. The van der Waals surface area contributed by atoms with Gasteiger partial charge in [-0.25, -0.2) is 0 Å². The standard InChI is InChI=1S/C15H21NO3/c1-11-4-3-8-16(9-7-11)15(18)13-10-12(19-2)5-6-14(13)17/h5-6,10-11,17H,3-4,7-9H2,1-2H3. The van der Waals surface area contributed by atoms with Crippen molar-refractivity contribution < 1.29 is 14.6 Å². The molecule has 2 rings (SSSR count). The Labute approximate surface area is 114 Å². The molecule has 1 atom stereocenters. The second-order valence-electron chi connectivity index (χ2n) is 5.21. The normalized spacial score (nSPS) is 19.9. The van der Waals surface area contributed by atoms with Gasteiger partial charge < -0.3 is 14.7 Å². The number of benzene rings is 1. The highest BCUT2D eigenvalue weighted by molar-refractivity contribution is 5.97. The molecule has 1 heterocycles. The number of likely N-dealkylation sites (tertiary alicyclic amines) is 1. The summed E-state index contributed by atoms with van der Waals surface area (Å²) >= 11 is 0.